The first-order chi connectivity index (χ1) is 6.16. The van der Waals surface area contributed by atoms with Crippen LogP contribution in [0, 0.1) is 4.77 Å². The first kappa shape index (κ1) is 10.2. The Kier molecular flexibility index (Phi) is 3.44. The van der Waals surface area contributed by atoms with Crippen molar-refractivity contribution in [2.45, 2.75) is 19.4 Å². The molecule has 0 aliphatic heterocycles. The van der Waals surface area contributed by atoms with Crippen LogP contribution < -0.4 is 5.73 Å². The van der Waals surface area contributed by atoms with Crippen molar-refractivity contribution in [3.05, 3.63) is 4.77 Å². The monoisotopic (exact) mass is 202 g/mol. The van der Waals surface area contributed by atoms with Gasteiger partial charge in [-0.05, 0) is 25.6 Å². The molecular formula is C7H14N4OS. The molecule has 0 saturated heterocycles. The van der Waals surface area contributed by atoms with Gasteiger partial charge in [-0.2, -0.15) is 0 Å². The molecular weight excluding hydrogens is 188 g/mol. The molecule has 0 aliphatic carbocycles. The van der Waals surface area contributed by atoms with Gasteiger partial charge in [0.15, 0.2) is 4.77 Å². The molecule has 3 N–H and O–H groups in total. The summed E-state index contributed by atoms with van der Waals surface area (Å²) in [6.45, 7) is 2.72. The van der Waals surface area contributed by atoms with Crippen molar-refractivity contribution < 1.29 is 4.74 Å². The molecule has 0 bridgehead atoms. The number of rotatable bonds is 4. The van der Waals surface area contributed by atoms with Gasteiger partial charge >= 0.3 is 0 Å². The van der Waals surface area contributed by atoms with Crippen LogP contribution in [0.15, 0.2) is 0 Å². The molecule has 74 valence electrons. The van der Waals surface area contributed by atoms with Crippen molar-refractivity contribution in [2.75, 3.05) is 19.5 Å². The highest BCUT2D eigenvalue weighted by molar-refractivity contribution is 7.71. The van der Waals surface area contributed by atoms with Crippen LogP contribution in [0.1, 0.15) is 19.4 Å². The molecule has 0 amide bonds. The minimum Gasteiger partial charge on any atom is -0.385 e. The molecule has 0 aliphatic rings. The fourth-order valence-corrected chi connectivity index (χ4v) is 1.48. The number of nitrogen functional groups attached to an aromatic ring is 1. The van der Waals surface area contributed by atoms with E-state index in [1.165, 1.54) is 0 Å². The lowest BCUT2D eigenvalue weighted by molar-refractivity contribution is 0.181. The quantitative estimate of drug-likeness (QED) is 0.718. The molecule has 0 radical (unpaired) electrons. The van der Waals surface area contributed by atoms with Crippen molar-refractivity contribution in [1.82, 2.24) is 14.8 Å². The summed E-state index contributed by atoms with van der Waals surface area (Å²) in [5, 5.41) is 6.47. The maximum absolute atomic E-state index is 5.63. The molecule has 13 heavy (non-hydrogen) atoms. The summed E-state index contributed by atoms with van der Waals surface area (Å²) in [4.78, 5) is 0. The van der Waals surface area contributed by atoms with Gasteiger partial charge in [0.1, 0.15) is 0 Å². The molecule has 5 nitrogen and oxygen atoms in total. The van der Waals surface area contributed by atoms with Crippen LogP contribution in [0.3, 0.4) is 0 Å². The highest BCUT2D eigenvalue weighted by Gasteiger charge is 2.09. The lowest BCUT2D eigenvalue weighted by Crippen LogP contribution is -2.11. The molecule has 6 heteroatoms. The van der Waals surface area contributed by atoms with Crippen LogP contribution in [-0.2, 0) is 4.74 Å². The minimum absolute atomic E-state index is 0.214. The number of nitrogens with two attached hydrogens (primary N) is 1. The number of ether oxygens (including phenoxy) is 1. The Labute approximate surface area is 81.9 Å². The first-order valence-electron chi connectivity index (χ1n) is 4.08. The average molecular weight is 202 g/mol. The number of aromatic nitrogens is 3. The highest BCUT2D eigenvalue weighted by Crippen LogP contribution is 2.14. The van der Waals surface area contributed by atoms with Gasteiger partial charge in [-0.15, -0.1) is 5.10 Å². The number of aromatic amines is 1. The van der Waals surface area contributed by atoms with E-state index in [1.54, 1.807) is 11.7 Å². The zero-order valence-corrected chi connectivity index (χ0v) is 8.60. The van der Waals surface area contributed by atoms with Crippen LogP contribution in [0.2, 0.25) is 0 Å². The zero-order valence-electron chi connectivity index (χ0n) is 7.78. The van der Waals surface area contributed by atoms with E-state index in [0.29, 0.717) is 17.3 Å². The lowest BCUT2D eigenvalue weighted by Gasteiger charge is -2.12. The van der Waals surface area contributed by atoms with Gasteiger partial charge in [0, 0.05) is 19.8 Å². The average Bonchev–Trinajstić information content (AvgIpc) is 2.42. The predicted octanol–water partition coefficient (Wildman–Crippen LogP) is 1.12. The Bertz CT molecular complexity index is 319. The lowest BCUT2D eigenvalue weighted by atomic mass is 10.2. The van der Waals surface area contributed by atoms with E-state index in [1.807, 2.05) is 6.92 Å². The van der Waals surface area contributed by atoms with Crippen LogP contribution in [0.4, 0.5) is 5.95 Å². The van der Waals surface area contributed by atoms with Gasteiger partial charge in [0.05, 0.1) is 0 Å². The molecule has 0 aromatic carbocycles. The standard InChI is InChI=1S/C7H14N4OS/c1-5(3-4-12-2)11-6(8)9-10-7(11)13/h5H,3-4H2,1-2H3,(H2,8,9)(H,10,13). The van der Waals surface area contributed by atoms with Crippen molar-refractivity contribution in [1.29, 1.82) is 0 Å². The number of hydrogen-bond acceptors (Lipinski definition) is 4. The van der Waals surface area contributed by atoms with E-state index in [0.717, 1.165) is 6.42 Å². The van der Waals surface area contributed by atoms with Crippen molar-refractivity contribution in [3.63, 3.8) is 0 Å². The third-order valence-electron chi connectivity index (χ3n) is 1.91. The number of methoxy groups -OCH3 is 1. The first-order valence-corrected chi connectivity index (χ1v) is 4.49. The van der Waals surface area contributed by atoms with E-state index < -0.39 is 0 Å². The summed E-state index contributed by atoms with van der Waals surface area (Å²) in [6, 6.07) is 0.214. The van der Waals surface area contributed by atoms with Gasteiger partial charge in [-0.3, -0.25) is 4.57 Å². The van der Waals surface area contributed by atoms with E-state index in [9.17, 15) is 0 Å². The van der Waals surface area contributed by atoms with Gasteiger partial charge in [0.25, 0.3) is 0 Å². The number of anilines is 1. The summed E-state index contributed by atoms with van der Waals surface area (Å²) >= 11 is 5.02. The fourth-order valence-electron chi connectivity index (χ4n) is 1.16. The third kappa shape index (κ3) is 2.28. The van der Waals surface area contributed by atoms with E-state index in [4.69, 9.17) is 22.7 Å². The molecule has 1 aromatic heterocycles. The summed E-state index contributed by atoms with van der Waals surface area (Å²) < 4.78 is 7.31. The molecule has 0 spiro atoms. The SMILES string of the molecule is COCCC(C)n1c(N)n[nH]c1=S. The topological polar surface area (TPSA) is 68.9 Å². The molecule has 1 unspecified atom stereocenters. The fraction of sp³-hybridized carbons (Fsp3) is 0.714. The van der Waals surface area contributed by atoms with E-state index >= 15 is 0 Å². The van der Waals surface area contributed by atoms with Gasteiger partial charge in [0.2, 0.25) is 5.95 Å². The largest absolute Gasteiger partial charge is 0.385 e. The van der Waals surface area contributed by atoms with Gasteiger partial charge in [-0.1, -0.05) is 0 Å². The maximum atomic E-state index is 5.63. The van der Waals surface area contributed by atoms with Crippen molar-refractivity contribution in [3.8, 4) is 0 Å². The molecule has 1 rings (SSSR count). The Morgan fingerprint density at radius 2 is 2.46 bits per heavy atom. The molecule has 1 heterocycles. The summed E-state index contributed by atoms with van der Waals surface area (Å²) in [5.41, 5.74) is 5.63. The highest BCUT2D eigenvalue weighted by atomic mass is 32.1. The van der Waals surface area contributed by atoms with Crippen LogP contribution in [-0.4, -0.2) is 28.5 Å². The van der Waals surface area contributed by atoms with E-state index in [-0.39, 0.29) is 6.04 Å². The van der Waals surface area contributed by atoms with Crippen molar-refractivity contribution >= 4 is 18.2 Å². The normalized spacial score (nSPS) is 13.1. The van der Waals surface area contributed by atoms with Gasteiger partial charge < -0.3 is 10.5 Å². The number of hydrogen-bond donors (Lipinski definition) is 2. The second kappa shape index (κ2) is 4.38. The third-order valence-corrected chi connectivity index (χ3v) is 2.20. The smallest absolute Gasteiger partial charge is 0.220 e. The Hall–Kier alpha value is -0.880. The number of H-pyrrole nitrogens is 1. The molecule has 0 fully saturated rings. The second-order valence-electron chi connectivity index (χ2n) is 2.89. The summed E-state index contributed by atoms with van der Waals surface area (Å²) in [7, 11) is 1.67. The molecule has 1 atom stereocenters. The van der Waals surface area contributed by atoms with Crippen LogP contribution in [0.5, 0.6) is 0 Å². The van der Waals surface area contributed by atoms with Crippen LogP contribution in [0.25, 0.3) is 0 Å². The molecule has 1 aromatic rings. The van der Waals surface area contributed by atoms with Crippen LogP contribution >= 0.6 is 12.2 Å². The predicted molar refractivity (Wildman–Crippen MR) is 53.0 cm³/mol. The zero-order chi connectivity index (χ0) is 9.84. The Balaban J connectivity index is 2.75. The summed E-state index contributed by atoms with van der Waals surface area (Å²) in [5.74, 6) is 0.425. The van der Waals surface area contributed by atoms with Gasteiger partial charge in [-0.25, -0.2) is 5.10 Å². The Morgan fingerprint density at radius 3 is 2.92 bits per heavy atom. The second-order valence-corrected chi connectivity index (χ2v) is 3.27. The minimum atomic E-state index is 0.214. The van der Waals surface area contributed by atoms with Crippen molar-refractivity contribution in [2.24, 2.45) is 0 Å². The summed E-state index contributed by atoms with van der Waals surface area (Å²) in [6.07, 6.45) is 0.870. The molecule has 0 saturated carbocycles. The number of nitrogens with zero attached hydrogens (tertiary/aromatic N) is 2. The Morgan fingerprint density at radius 1 is 1.77 bits per heavy atom. The number of nitrogens with one attached hydrogen (secondary N) is 1. The maximum Gasteiger partial charge on any atom is 0.220 e. The van der Waals surface area contributed by atoms with E-state index in [2.05, 4.69) is 10.2 Å².